The molecule has 2 fully saturated rings. The summed E-state index contributed by atoms with van der Waals surface area (Å²) < 4.78 is 13.4. The van der Waals surface area contributed by atoms with Crippen molar-refractivity contribution in [2.45, 2.75) is 57.8 Å². The lowest BCUT2D eigenvalue weighted by Crippen LogP contribution is -2.49. The molecule has 0 radical (unpaired) electrons. The molecule has 9 nitrogen and oxygen atoms in total. The number of carbonyl (C=O) groups excluding carboxylic acids is 3. The van der Waals surface area contributed by atoms with Gasteiger partial charge in [-0.25, -0.2) is 0 Å². The summed E-state index contributed by atoms with van der Waals surface area (Å²) in [5, 5.41) is 3.32. The van der Waals surface area contributed by atoms with E-state index in [1.165, 1.54) is 25.1 Å². The van der Waals surface area contributed by atoms with Crippen molar-refractivity contribution in [3.8, 4) is 0 Å². The zero-order valence-electron chi connectivity index (χ0n) is 20.5. The Morgan fingerprint density at radius 3 is 2.54 bits per heavy atom. The Balaban J connectivity index is 1.43. The Bertz CT molecular complexity index is 1410. The SMILES string of the molecule is CC(=O)c1cn(CC(=O)N2[C@@H]3CCC[C@@H]3C[C@H]2C(=O)NCc2ccccc2)c2cc(P(=O)(O)O)ccc12. The molecule has 1 saturated heterocycles. The van der Waals surface area contributed by atoms with E-state index < -0.39 is 13.6 Å². The molecule has 194 valence electrons. The number of fused-ring (bicyclic) bond motifs is 2. The molecule has 2 aromatic carbocycles. The summed E-state index contributed by atoms with van der Waals surface area (Å²) in [6.07, 6.45) is 4.99. The highest BCUT2D eigenvalue weighted by Gasteiger charge is 2.48. The number of hydrogen-bond donors (Lipinski definition) is 3. The van der Waals surface area contributed by atoms with Gasteiger partial charge < -0.3 is 24.6 Å². The minimum atomic E-state index is -4.53. The molecule has 2 aliphatic rings. The molecule has 0 unspecified atom stereocenters. The molecule has 0 bridgehead atoms. The molecule has 2 heterocycles. The molecule has 5 rings (SSSR count). The second-order valence-corrected chi connectivity index (χ2v) is 11.6. The van der Waals surface area contributed by atoms with Crippen molar-refractivity contribution in [2.24, 2.45) is 5.92 Å². The van der Waals surface area contributed by atoms with E-state index in [2.05, 4.69) is 5.32 Å². The third-order valence-corrected chi connectivity index (χ3v) is 8.58. The number of nitrogens with zero attached hydrogens (tertiary/aromatic N) is 2. The number of carbonyl (C=O) groups is 3. The first-order valence-electron chi connectivity index (χ1n) is 12.5. The van der Waals surface area contributed by atoms with Crippen LogP contribution in [0.1, 0.15) is 48.5 Å². The summed E-state index contributed by atoms with van der Waals surface area (Å²) in [5.41, 5.74) is 1.74. The predicted octanol–water partition coefficient (Wildman–Crippen LogP) is 2.73. The van der Waals surface area contributed by atoms with E-state index in [-0.39, 0.29) is 41.4 Å². The van der Waals surface area contributed by atoms with Crippen LogP contribution in [0.5, 0.6) is 0 Å². The van der Waals surface area contributed by atoms with Gasteiger partial charge in [-0.15, -0.1) is 0 Å². The van der Waals surface area contributed by atoms with Gasteiger partial charge in [-0.1, -0.05) is 42.8 Å². The average molecular weight is 524 g/mol. The quantitative estimate of drug-likeness (QED) is 0.323. The highest BCUT2D eigenvalue weighted by molar-refractivity contribution is 7.60. The van der Waals surface area contributed by atoms with Crippen LogP contribution in [0.2, 0.25) is 0 Å². The number of aromatic nitrogens is 1. The molecule has 3 N–H and O–H groups in total. The van der Waals surface area contributed by atoms with Gasteiger partial charge in [0.25, 0.3) is 0 Å². The Hall–Kier alpha value is -3.26. The lowest BCUT2D eigenvalue weighted by Gasteiger charge is -2.29. The molecule has 3 atom stereocenters. The smallest absolute Gasteiger partial charge is 0.350 e. The van der Waals surface area contributed by atoms with E-state index in [1.807, 2.05) is 30.3 Å². The Morgan fingerprint density at radius 2 is 1.84 bits per heavy atom. The van der Waals surface area contributed by atoms with Crippen molar-refractivity contribution in [2.75, 3.05) is 0 Å². The van der Waals surface area contributed by atoms with Crippen molar-refractivity contribution < 1.29 is 28.7 Å². The van der Waals surface area contributed by atoms with E-state index in [4.69, 9.17) is 0 Å². The van der Waals surface area contributed by atoms with Gasteiger partial charge >= 0.3 is 7.60 Å². The van der Waals surface area contributed by atoms with Crippen LogP contribution in [0.4, 0.5) is 0 Å². The molecule has 37 heavy (non-hydrogen) atoms. The molecule has 0 spiro atoms. The Kier molecular flexibility index (Phi) is 6.79. The van der Waals surface area contributed by atoms with Crippen LogP contribution >= 0.6 is 7.60 Å². The molecular formula is C27H30N3O6P. The fourth-order valence-electron chi connectivity index (χ4n) is 5.89. The van der Waals surface area contributed by atoms with Crippen LogP contribution in [-0.4, -0.2) is 48.9 Å². The number of benzene rings is 2. The number of rotatable bonds is 7. The first kappa shape index (κ1) is 25.4. The van der Waals surface area contributed by atoms with Gasteiger partial charge in [0.15, 0.2) is 5.78 Å². The predicted molar refractivity (Wildman–Crippen MR) is 138 cm³/mol. The average Bonchev–Trinajstić information content (AvgIpc) is 3.55. The second-order valence-electron chi connectivity index (χ2n) is 9.99. The minimum Gasteiger partial charge on any atom is -0.350 e. The van der Waals surface area contributed by atoms with Crippen LogP contribution in [-0.2, 0) is 27.2 Å². The van der Waals surface area contributed by atoms with Crippen molar-refractivity contribution in [1.29, 1.82) is 0 Å². The lowest BCUT2D eigenvalue weighted by molar-refractivity contribution is -0.141. The van der Waals surface area contributed by atoms with Crippen LogP contribution in [0, 0.1) is 5.92 Å². The highest BCUT2D eigenvalue weighted by atomic mass is 31.2. The first-order valence-corrected chi connectivity index (χ1v) is 14.1. The van der Waals surface area contributed by atoms with E-state index in [9.17, 15) is 28.7 Å². The van der Waals surface area contributed by atoms with Gasteiger partial charge in [0, 0.05) is 29.7 Å². The van der Waals surface area contributed by atoms with Gasteiger partial charge in [-0.3, -0.25) is 18.9 Å². The maximum atomic E-state index is 13.7. The molecule has 1 saturated carbocycles. The molecule has 10 heteroatoms. The molecule has 1 aliphatic carbocycles. The molecule has 2 amide bonds. The summed E-state index contributed by atoms with van der Waals surface area (Å²) in [6, 6.07) is 13.1. The number of Topliss-reactive ketones (excluding diaryl/α,β-unsaturated/α-hetero) is 1. The molecule has 3 aromatic rings. The maximum absolute atomic E-state index is 13.7. The van der Waals surface area contributed by atoms with Gasteiger partial charge in [-0.2, -0.15) is 0 Å². The zero-order chi connectivity index (χ0) is 26.3. The fourth-order valence-corrected chi connectivity index (χ4v) is 6.44. The van der Waals surface area contributed by atoms with Crippen molar-refractivity contribution in [1.82, 2.24) is 14.8 Å². The number of amides is 2. The van der Waals surface area contributed by atoms with Crippen LogP contribution in [0.3, 0.4) is 0 Å². The summed E-state index contributed by atoms with van der Waals surface area (Å²) in [6.45, 7) is 1.65. The highest BCUT2D eigenvalue weighted by Crippen LogP contribution is 2.42. The molecule has 1 aromatic heterocycles. The van der Waals surface area contributed by atoms with Crippen LogP contribution in [0.15, 0.2) is 54.7 Å². The largest absolute Gasteiger partial charge is 0.356 e. The second kappa shape index (κ2) is 9.89. The lowest BCUT2D eigenvalue weighted by atomic mass is 10.0. The van der Waals surface area contributed by atoms with Crippen molar-refractivity contribution in [3.05, 3.63) is 65.9 Å². The topological polar surface area (TPSA) is 129 Å². The van der Waals surface area contributed by atoms with E-state index in [0.29, 0.717) is 29.4 Å². The first-order chi connectivity index (χ1) is 17.6. The Morgan fingerprint density at radius 1 is 1.08 bits per heavy atom. The minimum absolute atomic E-state index is 0.0141. The summed E-state index contributed by atoms with van der Waals surface area (Å²) in [7, 11) is -4.53. The summed E-state index contributed by atoms with van der Waals surface area (Å²) >= 11 is 0. The van der Waals surface area contributed by atoms with E-state index in [0.717, 1.165) is 24.8 Å². The standard InChI is InChI=1S/C27H30N3O6P/c1-17(31)22-15-29(24-13-20(37(34,35)36)10-11-21(22)24)16-26(32)30-23-9-5-8-19(23)12-25(30)27(33)28-14-18-6-3-2-4-7-18/h2-4,6-7,10-11,13,15,19,23,25H,5,8-9,12,14,16H2,1H3,(H,28,33)(H2,34,35,36)/t19-,23-,25+/m1/s1. The monoisotopic (exact) mass is 523 g/mol. The number of ketones is 1. The van der Waals surface area contributed by atoms with E-state index in [1.54, 1.807) is 15.7 Å². The van der Waals surface area contributed by atoms with Gasteiger partial charge in [-0.05, 0) is 49.8 Å². The fraction of sp³-hybridized carbons (Fsp3) is 0.370. The van der Waals surface area contributed by atoms with Gasteiger partial charge in [0.1, 0.15) is 12.6 Å². The van der Waals surface area contributed by atoms with Crippen molar-refractivity contribution in [3.63, 3.8) is 0 Å². The third kappa shape index (κ3) is 4.99. The summed E-state index contributed by atoms with van der Waals surface area (Å²) in [5.74, 6) is -0.373. The summed E-state index contributed by atoms with van der Waals surface area (Å²) in [4.78, 5) is 60.3. The molecular weight excluding hydrogens is 493 g/mol. The van der Waals surface area contributed by atoms with Crippen molar-refractivity contribution >= 4 is 41.4 Å². The van der Waals surface area contributed by atoms with Crippen LogP contribution in [0.25, 0.3) is 10.9 Å². The zero-order valence-corrected chi connectivity index (χ0v) is 21.4. The number of nitrogens with one attached hydrogen (secondary N) is 1. The van der Waals surface area contributed by atoms with E-state index >= 15 is 0 Å². The number of hydrogen-bond acceptors (Lipinski definition) is 4. The van der Waals surface area contributed by atoms with Gasteiger partial charge in [0.2, 0.25) is 11.8 Å². The maximum Gasteiger partial charge on any atom is 0.356 e. The molecule has 1 aliphatic heterocycles. The third-order valence-electron chi connectivity index (χ3n) is 7.63. The van der Waals surface area contributed by atoms with Crippen LogP contribution < -0.4 is 10.6 Å². The normalized spacial score (nSPS) is 21.3. The Labute approximate surface area is 214 Å². The number of likely N-dealkylation sites (tertiary alicyclic amines) is 1. The van der Waals surface area contributed by atoms with Gasteiger partial charge in [0.05, 0.1) is 10.8 Å².